The molecule has 17 heavy (non-hydrogen) atoms. The van der Waals surface area contributed by atoms with Gasteiger partial charge in [0.15, 0.2) is 0 Å². The number of hydrogen-bond donors (Lipinski definition) is 1. The molecule has 0 aromatic carbocycles. The molecule has 0 saturated heterocycles. The maximum absolute atomic E-state index is 5.18. The van der Waals surface area contributed by atoms with Crippen molar-refractivity contribution < 1.29 is 4.74 Å². The number of aromatic nitrogens is 3. The summed E-state index contributed by atoms with van der Waals surface area (Å²) in [7, 11) is 3.65. The topological polar surface area (TPSA) is 52.0 Å². The second-order valence-electron chi connectivity index (χ2n) is 4.64. The number of ether oxygens (including phenoxy) is 1. The first-order valence-electron chi connectivity index (χ1n) is 6.23. The highest BCUT2D eigenvalue weighted by Crippen LogP contribution is 2.10. The lowest BCUT2D eigenvalue weighted by Crippen LogP contribution is -2.33. The maximum atomic E-state index is 5.18. The second kappa shape index (κ2) is 7.40. The number of likely N-dealkylation sites (N-methyl/N-ethyl adjacent to an activating group) is 1. The average Bonchev–Trinajstić information content (AvgIpc) is 2.64. The largest absolute Gasteiger partial charge is 0.384 e. The van der Waals surface area contributed by atoms with E-state index in [2.05, 4.69) is 29.5 Å². The Bertz CT molecular complexity index is 313. The van der Waals surface area contributed by atoms with Crippen LogP contribution < -0.4 is 5.32 Å². The van der Waals surface area contributed by atoms with E-state index in [0.29, 0.717) is 12.0 Å². The summed E-state index contributed by atoms with van der Waals surface area (Å²) in [5.41, 5.74) is 1.04. The summed E-state index contributed by atoms with van der Waals surface area (Å²) in [5, 5.41) is 11.6. The summed E-state index contributed by atoms with van der Waals surface area (Å²) >= 11 is 0. The molecule has 5 nitrogen and oxygen atoms in total. The minimum Gasteiger partial charge on any atom is -0.384 e. The fourth-order valence-electron chi connectivity index (χ4n) is 2.11. The fourth-order valence-corrected chi connectivity index (χ4v) is 2.11. The van der Waals surface area contributed by atoms with E-state index in [9.17, 15) is 0 Å². The number of hydrogen-bond acceptors (Lipinski definition) is 4. The van der Waals surface area contributed by atoms with Gasteiger partial charge >= 0.3 is 0 Å². The van der Waals surface area contributed by atoms with Crippen LogP contribution in [0.1, 0.15) is 26.0 Å². The molecule has 1 N–H and O–H groups in total. The molecule has 0 saturated carbocycles. The van der Waals surface area contributed by atoms with E-state index in [-0.39, 0.29) is 0 Å². The zero-order valence-electron chi connectivity index (χ0n) is 11.3. The normalized spacial score (nSPS) is 14.8. The monoisotopic (exact) mass is 240 g/mol. The summed E-state index contributed by atoms with van der Waals surface area (Å²) in [6, 6.07) is 0.446. The molecule has 0 fully saturated rings. The molecular formula is C12H24N4O. The first-order chi connectivity index (χ1) is 8.15. The van der Waals surface area contributed by atoms with E-state index in [1.54, 1.807) is 11.8 Å². The molecule has 0 bridgehead atoms. The molecule has 1 rings (SSSR count). The summed E-state index contributed by atoms with van der Waals surface area (Å²) in [6.45, 7) is 6.13. The highest BCUT2D eigenvalue weighted by molar-refractivity contribution is 4.96. The third-order valence-electron chi connectivity index (χ3n) is 2.74. The van der Waals surface area contributed by atoms with Crippen molar-refractivity contribution in [3.63, 3.8) is 0 Å². The van der Waals surface area contributed by atoms with Gasteiger partial charge in [-0.15, -0.1) is 5.10 Å². The van der Waals surface area contributed by atoms with Crippen LogP contribution in [0.3, 0.4) is 0 Å². The van der Waals surface area contributed by atoms with Gasteiger partial charge in [0.05, 0.1) is 5.69 Å². The summed E-state index contributed by atoms with van der Waals surface area (Å²) in [4.78, 5) is 0. The number of nitrogens with one attached hydrogen (secondary N) is 1. The van der Waals surface area contributed by atoms with Crippen molar-refractivity contribution in [2.75, 3.05) is 20.3 Å². The molecule has 98 valence electrons. The maximum Gasteiger partial charge on any atom is 0.0842 e. The Labute approximate surface area is 104 Å². The van der Waals surface area contributed by atoms with Crippen molar-refractivity contribution in [3.05, 3.63) is 11.9 Å². The van der Waals surface area contributed by atoms with Crippen LogP contribution in [0, 0.1) is 5.92 Å². The van der Waals surface area contributed by atoms with E-state index in [1.807, 2.05) is 13.2 Å². The van der Waals surface area contributed by atoms with Crippen molar-refractivity contribution in [3.8, 4) is 0 Å². The Morgan fingerprint density at radius 3 is 2.82 bits per heavy atom. The van der Waals surface area contributed by atoms with Crippen molar-refractivity contribution in [1.29, 1.82) is 0 Å². The Kier molecular flexibility index (Phi) is 6.15. The Morgan fingerprint density at radius 2 is 2.29 bits per heavy atom. The lowest BCUT2D eigenvalue weighted by atomic mass is 9.99. The van der Waals surface area contributed by atoms with Crippen molar-refractivity contribution >= 4 is 0 Å². The van der Waals surface area contributed by atoms with Gasteiger partial charge in [0.25, 0.3) is 0 Å². The van der Waals surface area contributed by atoms with Crippen LogP contribution in [-0.2, 0) is 18.2 Å². The van der Waals surface area contributed by atoms with E-state index < -0.39 is 0 Å². The molecule has 1 aromatic rings. The van der Waals surface area contributed by atoms with Gasteiger partial charge in [0.1, 0.15) is 0 Å². The van der Waals surface area contributed by atoms with Gasteiger partial charge in [-0.2, -0.15) is 0 Å². The zero-order chi connectivity index (χ0) is 12.7. The molecule has 2 unspecified atom stereocenters. The van der Waals surface area contributed by atoms with Crippen molar-refractivity contribution in [2.24, 2.45) is 13.0 Å². The lowest BCUT2D eigenvalue weighted by Gasteiger charge is -2.20. The molecular weight excluding hydrogens is 216 g/mol. The SMILES string of the molecule is CCNC(Cc1cn(C)nn1)CC(C)COC. The smallest absolute Gasteiger partial charge is 0.0842 e. The van der Waals surface area contributed by atoms with E-state index in [1.165, 1.54) is 0 Å². The van der Waals surface area contributed by atoms with Gasteiger partial charge < -0.3 is 10.1 Å². The van der Waals surface area contributed by atoms with Crippen LogP contribution in [0.25, 0.3) is 0 Å². The molecule has 0 aliphatic rings. The first-order valence-corrected chi connectivity index (χ1v) is 6.23. The van der Waals surface area contributed by atoms with Gasteiger partial charge in [-0.05, 0) is 18.9 Å². The third kappa shape index (κ3) is 5.28. The number of aryl methyl sites for hydroxylation is 1. The molecule has 0 aliphatic heterocycles. The number of rotatable bonds is 8. The predicted octanol–water partition coefficient (Wildman–Crippen LogP) is 1.01. The second-order valence-corrected chi connectivity index (χ2v) is 4.64. The van der Waals surface area contributed by atoms with Gasteiger partial charge in [0.2, 0.25) is 0 Å². The molecule has 0 aliphatic carbocycles. The molecule has 1 heterocycles. The van der Waals surface area contributed by atoms with Crippen molar-refractivity contribution in [2.45, 2.75) is 32.7 Å². The van der Waals surface area contributed by atoms with Crippen LogP contribution in [0.4, 0.5) is 0 Å². The zero-order valence-corrected chi connectivity index (χ0v) is 11.3. The van der Waals surface area contributed by atoms with Crippen molar-refractivity contribution in [1.82, 2.24) is 20.3 Å². The average molecular weight is 240 g/mol. The van der Waals surface area contributed by atoms with Gasteiger partial charge in [-0.1, -0.05) is 19.1 Å². The summed E-state index contributed by atoms with van der Waals surface area (Å²) in [6.07, 6.45) is 4.00. The molecule has 0 radical (unpaired) electrons. The van der Waals surface area contributed by atoms with Crippen LogP contribution in [-0.4, -0.2) is 41.3 Å². The van der Waals surface area contributed by atoms with Gasteiger partial charge in [-0.25, -0.2) is 0 Å². The Morgan fingerprint density at radius 1 is 1.53 bits per heavy atom. The first kappa shape index (κ1) is 14.1. The predicted molar refractivity (Wildman–Crippen MR) is 67.8 cm³/mol. The summed E-state index contributed by atoms with van der Waals surface area (Å²) < 4.78 is 6.92. The number of nitrogens with zero attached hydrogens (tertiary/aromatic N) is 3. The minimum atomic E-state index is 0.446. The van der Waals surface area contributed by atoms with Crippen LogP contribution in [0.2, 0.25) is 0 Å². The Balaban J connectivity index is 2.47. The van der Waals surface area contributed by atoms with Crippen LogP contribution >= 0.6 is 0 Å². The number of methoxy groups -OCH3 is 1. The van der Waals surface area contributed by atoms with E-state index in [0.717, 1.165) is 31.7 Å². The third-order valence-corrected chi connectivity index (χ3v) is 2.74. The lowest BCUT2D eigenvalue weighted by molar-refractivity contribution is 0.149. The minimum absolute atomic E-state index is 0.446. The Hall–Kier alpha value is -0.940. The molecule has 1 aromatic heterocycles. The van der Waals surface area contributed by atoms with Crippen LogP contribution in [0.5, 0.6) is 0 Å². The molecule has 2 atom stereocenters. The van der Waals surface area contributed by atoms with E-state index >= 15 is 0 Å². The molecule has 0 spiro atoms. The van der Waals surface area contributed by atoms with Gasteiger partial charge in [-0.3, -0.25) is 4.68 Å². The summed E-state index contributed by atoms with van der Waals surface area (Å²) in [5.74, 6) is 0.556. The standard InChI is InChI=1S/C12H24N4O/c1-5-13-11(6-10(2)9-17-4)7-12-8-16(3)15-14-12/h8,10-11,13H,5-7,9H2,1-4H3. The highest BCUT2D eigenvalue weighted by atomic mass is 16.5. The fraction of sp³-hybridized carbons (Fsp3) is 0.833. The highest BCUT2D eigenvalue weighted by Gasteiger charge is 2.14. The molecule has 0 amide bonds. The molecule has 5 heteroatoms. The quantitative estimate of drug-likeness (QED) is 0.737. The van der Waals surface area contributed by atoms with Crippen LogP contribution in [0.15, 0.2) is 6.20 Å². The van der Waals surface area contributed by atoms with Gasteiger partial charge in [0, 0.05) is 39.4 Å². The van der Waals surface area contributed by atoms with E-state index in [4.69, 9.17) is 4.74 Å².